The molecule has 0 aromatic carbocycles. The summed E-state index contributed by atoms with van der Waals surface area (Å²) >= 11 is 5.77. The number of rotatable bonds is 1. The third kappa shape index (κ3) is 2.16. The van der Waals surface area contributed by atoms with Crippen LogP contribution >= 0.6 is 11.6 Å². The Morgan fingerprint density at radius 3 is 2.94 bits per heavy atom. The normalized spacial score (nSPS) is 15.1. The average molecular weight is 240 g/mol. The van der Waals surface area contributed by atoms with E-state index < -0.39 is 0 Å². The van der Waals surface area contributed by atoms with Gasteiger partial charge < -0.3 is 4.90 Å². The maximum absolute atomic E-state index is 11.8. The zero-order valence-corrected chi connectivity index (χ0v) is 10.2. The molecule has 0 unspecified atom stereocenters. The summed E-state index contributed by atoms with van der Waals surface area (Å²) < 4.78 is 0. The van der Waals surface area contributed by atoms with Gasteiger partial charge in [0.1, 0.15) is 0 Å². The number of carbonyl (C=O) groups excluding carboxylic acids is 1. The van der Waals surface area contributed by atoms with Crippen LogP contribution in [0.1, 0.15) is 25.1 Å². The van der Waals surface area contributed by atoms with E-state index in [-0.39, 0.29) is 11.8 Å². The van der Waals surface area contributed by atoms with E-state index in [1.807, 2.05) is 24.8 Å². The monoisotopic (exact) mass is 239 g/mol. The molecule has 0 N–H and O–H groups in total. The van der Waals surface area contributed by atoms with Crippen molar-refractivity contribution >= 4 is 17.5 Å². The van der Waals surface area contributed by atoms with Gasteiger partial charge in [0.2, 0.25) is 5.91 Å². The third-order valence-corrected chi connectivity index (χ3v) is 2.91. The lowest BCUT2D eigenvalue weighted by molar-refractivity contribution is -0.135. The van der Waals surface area contributed by atoms with Crippen molar-refractivity contribution in [1.29, 1.82) is 0 Å². The van der Waals surface area contributed by atoms with Crippen molar-refractivity contribution in [2.75, 3.05) is 6.54 Å². The van der Waals surface area contributed by atoms with Crippen molar-refractivity contribution in [3.63, 3.8) is 0 Å². The topological polar surface area (TPSA) is 46.1 Å². The van der Waals surface area contributed by atoms with Gasteiger partial charge in [0.25, 0.3) is 0 Å². The van der Waals surface area contributed by atoms with Crippen LogP contribution < -0.4 is 0 Å². The van der Waals surface area contributed by atoms with Crippen LogP contribution in [0.15, 0.2) is 6.07 Å². The van der Waals surface area contributed by atoms with Gasteiger partial charge in [-0.05, 0) is 18.1 Å². The summed E-state index contributed by atoms with van der Waals surface area (Å²) in [6, 6.07) is 1.83. The van der Waals surface area contributed by atoms with Gasteiger partial charge in [0.05, 0.1) is 12.2 Å². The minimum absolute atomic E-state index is 0.0295. The van der Waals surface area contributed by atoms with Crippen LogP contribution in [-0.4, -0.2) is 27.5 Å². The summed E-state index contributed by atoms with van der Waals surface area (Å²) in [5.74, 6) is 0.198. The van der Waals surface area contributed by atoms with E-state index in [1.165, 1.54) is 0 Å². The van der Waals surface area contributed by atoms with E-state index in [4.69, 9.17) is 11.6 Å². The van der Waals surface area contributed by atoms with Gasteiger partial charge in [-0.15, -0.1) is 5.10 Å². The zero-order chi connectivity index (χ0) is 11.7. The molecule has 0 saturated heterocycles. The molecule has 0 aliphatic carbocycles. The van der Waals surface area contributed by atoms with Crippen LogP contribution in [0.4, 0.5) is 0 Å². The maximum atomic E-state index is 11.8. The number of amides is 1. The molecule has 1 amide bonds. The Labute approximate surface area is 99.6 Å². The first kappa shape index (κ1) is 11.3. The Kier molecular flexibility index (Phi) is 3.10. The second-order valence-corrected chi connectivity index (χ2v) is 4.69. The number of carbonyl (C=O) groups is 1. The number of nitrogens with zero attached hydrogens (tertiary/aromatic N) is 3. The third-order valence-electron chi connectivity index (χ3n) is 2.73. The van der Waals surface area contributed by atoms with E-state index in [0.29, 0.717) is 11.7 Å². The first-order valence-electron chi connectivity index (χ1n) is 5.37. The van der Waals surface area contributed by atoms with Crippen molar-refractivity contribution < 1.29 is 4.79 Å². The van der Waals surface area contributed by atoms with E-state index in [0.717, 1.165) is 24.2 Å². The molecular formula is C11H14ClN3O. The number of halogens is 1. The first-order chi connectivity index (χ1) is 7.58. The predicted octanol–water partition coefficient (Wildman–Crippen LogP) is 1.67. The maximum Gasteiger partial charge on any atom is 0.225 e. The minimum atomic E-state index is 0.0295. The number of hydrogen-bond donors (Lipinski definition) is 0. The summed E-state index contributed by atoms with van der Waals surface area (Å²) in [5.41, 5.74) is 1.97. The first-order valence-corrected chi connectivity index (χ1v) is 5.75. The average Bonchev–Trinajstić information content (AvgIpc) is 2.27. The highest BCUT2D eigenvalue weighted by Crippen LogP contribution is 2.19. The SMILES string of the molecule is CC(C)C(=O)N1CCc2cc(Cl)nnc2C1. The Bertz CT molecular complexity index is 420. The van der Waals surface area contributed by atoms with Crippen LogP contribution in [-0.2, 0) is 17.8 Å². The van der Waals surface area contributed by atoms with Gasteiger partial charge in [0.15, 0.2) is 5.15 Å². The quantitative estimate of drug-likeness (QED) is 0.749. The number of aromatic nitrogens is 2. The molecule has 1 aromatic heterocycles. The summed E-state index contributed by atoms with van der Waals surface area (Å²) in [6.07, 6.45) is 0.809. The van der Waals surface area contributed by atoms with E-state index in [1.54, 1.807) is 0 Å². The molecule has 86 valence electrons. The van der Waals surface area contributed by atoms with E-state index >= 15 is 0 Å². The van der Waals surface area contributed by atoms with Crippen LogP contribution in [0.25, 0.3) is 0 Å². The fourth-order valence-corrected chi connectivity index (χ4v) is 2.02. The molecule has 5 heteroatoms. The lowest BCUT2D eigenvalue weighted by Crippen LogP contribution is -2.38. The molecule has 2 heterocycles. The highest BCUT2D eigenvalue weighted by Gasteiger charge is 2.23. The van der Waals surface area contributed by atoms with Crippen molar-refractivity contribution in [1.82, 2.24) is 15.1 Å². The van der Waals surface area contributed by atoms with Gasteiger partial charge in [0, 0.05) is 12.5 Å². The summed E-state index contributed by atoms with van der Waals surface area (Å²) in [6.45, 7) is 5.11. The Morgan fingerprint density at radius 2 is 2.25 bits per heavy atom. The van der Waals surface area contributed by atoms with E-state index in [2.05, 4.69) is 10.2 Å². The van der Waals surface area contributed by atoms with Crippen LogP contribution in [0.3, 0.4) is 0 Å². The number of hydrogen-bond acceptors (Lipinski definition) is 3. The molecular weight excluding hydrogens is 226 g/mol. The molecule has 0 atom stereocenters. The Balaban J connectivity index is 2.18. The lowest BCUT2D eigenvalue weighted by Gasteiger charge is -2.29. The molecule has 2 rings (SSSR count). The van der Waals surface area contributed by atoms with Gasteiger partial charge >= 0.3 is 0 Å². The fourth-order valence-electron chi connectivity index (χ4n) is 1.85. The molecule has 0 radical (unpaired) electrons. The van der Waals surface area contributed by atoms with Crippen molar-refractivity contribution in [2.24, 2.45) is 5.92 Å². The minimum Gasteiger partial charge on any atom is -0.336 e. The summed E-state index contributed by atoms with van der Waals surface area (Å²) in [7, 11) is 0. The molecule has 1 aromatic rings. The fraction of sp³-hybridized carbons (Fsp3) is 0.545. The molecule has 1 aliphatic rings. The van der Waals surface area contributed by atoms with E-state index in [9.17, 15) is 4.79 Å². The zero-order valence-electron chi connectivity index (χ0n) is 9.40. The molecule has 16 heavy (non-hydrogen) atoms. The van der Waals surface area contributed by atoms with Gasteiger partial charge in [-0.3, -0.25) is 4.79 Å². The van der Waals surface area contributed by atoms with Gasteiger partial charge in [-0.25, -0.2) is 0 Å². The smallest absolute Gasteiger partial charge is 0.225 e. The Hall–Kier alpha value is -1.16. The van der Waals surface area contributed by atoms with Crippen LogP contribution in [0, 0.1) is 5.92 Å². The highest BCUT2D eigenvalue weighted by atomic mass is 35.5. The van der Waals surface area contributed by atoms with Crippen molar-refractivity contribution in [3.8, 4) is 0 Å². The lowest BCUT2D eigenvalue weighted by atomic mass is 10.0. The largest absolute Gasteiger partial charge is 0.336 e. The van der Waals surface area contributed by atoms with Crippen LogP contribution in [0.2, 0.25) is 5.15 Å². The Morgan fingerprint density at radius 1 is 1.50 bits per heavy atom. The summed E-state index contributed by atoms with van der Waals surface area (Å²) in [5, 5.41) is 8.26. The molecule has 0 fully saturated rings. The highest BCUT2D eigenvalue weighted by molar-refractivity contribution is 6.29. The second-order valence-electron chi connectivity index (χ2n) is 4.30. The molecule has 0 spiro atoms. The van der Waals surface area contributed by atoms with Crippen molar-refractivity contribution in [3.05, 3.63) is 22.5 Å². The molecule has 0 saturated carbocycles. The summed E-state index contributed by atoms with van der Waals surface area (Å²) in [4.78, 5) is 13.7. The van der Waals surface area contributed by atoms with Crippen molar-refractivity contribution in [2.45, 2.75) is 26.8 Å². The standard InChI is InChI=1S/C11H14ClN3O/c1-7(2)11(16)15-4-3-8-5-10(12)14-13-9(8)6-15/h5,7H,3-4,6H2,1-2H3. The predicted molar refractivity (Wildman–Crippen MR) is 61.0 cm³/mol. The molecule has 1 aliphatic heterocycles. The van der Waals surface area contributed by atoms with Gasteiger partial charge in [-0.2, -0.15) is 5.10 Å². The number of fused-ring (bicyclic) bond motifs is 1. The van der Waals surface area contributed by atoms with Crippen LogP contribution in [0.5, 0.6) is 0 Å². The van der Waals surface area contributed by atoms with Gasteiger partial charge in [-0.1, -0.05) is 25.4 Å². The second kappa shape index (κ2) is 4.37. The molecule has 0 bridgehead atoms. The molecule has 4 nitrogen and oxygen atoms in total.